The molecule has 4 aromatic rings. The first-order valence-corrected chi connectivity index (χ1v) is 10.8. The molecule has 168 valence electrons. The lowest BCUT2D eigenvalue weighted by atomic mass is 10.1. The first-order chi connectivity index (χ1) is 16.4. The maximum atomic E-state index is 13.3. The second kappa shape index (κ2) is 9.79. The number of ether oxygens (including phenoxy) is 1. The van der Waals surface area contributed by atoms with Gasteiger partial charge in [-0.1, -0.05) is 35.3 Å². The van der Waals surface area contributed by atoms with Crippen LogP contribution in [0.1, 0.15) is 11.1 Å². The van der Waals surface area contributed by atoms with Gasteiger partial charge in [0.1, 0.15) is 28.6 Å². The summed E-state index contributed by atoms with van der Waals surface area (Å²) in [6.45, 7) is 1.81. The molecule has 2 heterocycles. The maximum Gasteiger partial charge on any atom is 0.269 e. The summed E-state index contributed by atoms with van der Waals surface area (Å²) in [6, 6.07) is 18.3. The van der Waals surface area contributed by atoms with Crippen LogP contribution in [-0.2, 0) is 4.79 Å². The average Bonchev–Trinajstić information content (AvgIpc) is 2.81. The molecule has 9 heteroatoms. The van der Waals surface area contributed by atoms with E-state index < -0.39 is 11.5 Å². The number of halogens is 2. The van der Waals surface area contributed by atoms with Gasteiger partial charge in [-0.3, -0.25) is 14.0 Å². The summed E-state index contributed by atoms with van der Waals surface area (Å²) in [7, 11) is 0. The minimum absolute atomic E-state index is 0.0510. The van der Waals surface area contributed by atoms with Crippen LogP contribution in [0.25, 0.3) is 11.7 Å². The molecule has 0 aliphatic carbocycles. The van der Waals surface area contributed by atoms with Crippen molar-refractivity contribution in [3.63, 3.8) is 0 Å². The molecule has 0 spiro atoms. The molecule has 1 N–H and O–H groups in total. The van der Waals surface area contributed by atoms with Crippen molar-refractivity contribution in [3.8, 4) is 17.7 Å². The van der Waals surface area contributed by atoms with Crippen molar-refractivity contribution in [2.75, 3.05) is 5.32 Å². The van der Waals surface area contributed by atoms with Crippen LogP contribution in [0.5, 0.6) is 11.6 Å². The molecule has 0 atom stereocenters. The zero-order valence-corrected chi connectivity index (χ0v) is 19.3. The fourth-order valence-corrected chi connectivity index (χ4v) is 3.48. The van der Waals surface area contributed by atoms with Crippen molar-refractivity contribution in [2.24, 2.45) is 0 Å². The van der Waals surface area contributed by atoms with Gasteiger partial charge < -0.3 is 10.1 Å². The third kappa shape index (κ3) is 4.94. The van der Waals surface area contributed by atoms with Crippen molar-refractivity contribution in [2.45, 2.75) is 6.92 Å². The molecule has 0 bridgehead atoms. The van der Waals surface area contributed by atoms with Gasteiger partial charge in [0.15, 0.2) is 0 Å². The number of nitriles is 1. The minimum atomic E-state index is -0.712. The first-order valence-electron chi connectivity index (χ1n) is 10.00. The van der Waals surface area contributed by atoms with E-state index in [0.29, 0.717) is 27.1 Å². The van der Waals surface area contributed by atoms with Gasteiger partial charge in [-0.2, -0.15) is 10.2 Å². The maximum absolute atomic E-state index is 13.3. The van der Waals surface area contributed by atoms with Crippen molar-refractivity contribution in [3.05, 3.63) is 104 Å². The smallest absolute Gasteiger partial charge is 0.269 e. The molecule has 34 heavy (non-hydrogen) atoms. The number of pyridine rings is 1. The molecule has 4 rings (SSSR count). The van der Waals surface area contributed by atoms with E-state index in [2.05, 4.69) is 10.3 Å². The highest BCUT2D eigenvalue weighted by Crippen LogP contribution is 2.26. The summed E-state index contributed by atoms with van der Waals surface area (Å²) in [5, 5.41) is 13.2. The second-order valence-electron chi connectivity index (χ2n) is 7.21. The van der Waals surface area contributed by atoms with Crippen molar-refractivity contribution in [1.29, 1.82) is 5.26 Å². The molecule has 1 amide bonds. The Balaban J connectivity index is 1.83. The molecule has 2 aromatic carbocycles. The van der Waals surface area contributed by atoms with Gasteiger partial charge in [0.05, 0.1) is 0 Å². The monoisotopic (exact) mass is 490 g/mol. The fraction of sp³-hybridized carbons (Fsp3) is 0.0400. The zero-order chi connectivity index (χ0) is 24.2. The Hall–Kier alpha value is -4.12. The van der Waals surface area contributed by atoms with Gasteiger partial charge in [-0.15, -0.1) is 0 Å². The Bertz CT molecular complexity index is 1540. The van der Waals surface area contributed by atoms with Crippen molar-refractivity contribution < 1.29 is 9.53 Å². The average molecular weight is 491 g/mol. The van der Waals surface area contributed by atoms with Crippen molar-refractivity contribution >= 4 is 46.5 Å². The first kappa shape index (κ1) is 23.1. The fourth-order valence-electron chi connectivity index (χ4n) is 3.17. The standard InChI is InChI=1S/C25H16Cl2N4O3/c1-15-4-3-11-31-22(15)30-24(34-20-9-7-17(26)8-10-20)21(25(31)33)12-16(14-28)23(32)29-19-6-2-5-18(27)13-19/h2-13H,1H3,(H,29,32)/b16-12-. The minimum Gasteiger partial charge on any atom is -0.438 e. The molecule has 0 aliphatic rings. The van der Waals surface area contributed by atoms with Crippen LogP contribution in [-0.4, -0.2) is 15.3 Å². The number of benzene rings is 2. The molecule has 0 aliphatic heterocycles. The van der Waals surface area contributed by atoms with Gasteiger partial charge in [-0.05, 0) is 67.1 Å². The largest absolute Gasteiger partial charge is 0.438 e. The van der Waals surface area contributed by atoms with Gasteiger partial charge in [0.2, 0.25) is 5.88 Å². The summed E-state index contributed by atoms with van der Waals surface area (Å²) in [6.07, 6.45) is 2.72. The Kier molecular flexibility index (Phi) is 6.64. The Morgan fingerprint density at radius 2 is 1.88 bits per heavy atom. The van der Waals surface area contributed by atoms with Crippen LogP contribution in [0.15, 0.2) is 77.2 Å². The van der Waals surface area contributed by atoms with E-state index in [4.69, 9.17) is 27.9 Å². The molecule has 0 saturated carbocycles. The van der Waals surface area contributed by atoms with Crippen LogP contribution in [0.4, 0.5) is 5.69 Å². The molecule has 7 nitrogen and oxygen atoms in total. The molecule has 0 saturated heterocycles. The highest BCUT2D eigenvalue weighted by molar-refractivity contribution is 6.31. The quantitative estimate of drug-likeness (QED) is 0.288. The lowest BCUT2D eigenvalue weighted by Gasteiger charge is -2.11. The number of rotatable bonds is 5. The van der Waals surface area contributed by atoms with Crippen LogP contribution < -0.4 is 15.6 Å². The lowest BCUT2D eigenvalue weighted by Crippen LogP contribution is -2.20. The van der Waals surface area contributed by atoms with E-state index in [1.807, 2.05) is 19.1 Å². The Labute approximate surface area is 204 Å². The number of nitrogens with one attached hydrogen (secondary N) is 1. The molecule has 0 unspecified atom stereocenters. The van der Waals surface area contributed by atoms with Crippen molar-refractivity contribution in [1.82, 2.24) is 9.38 Å². The van der Waals surface area contributed by atoms with Crippen LogP contribution in [0.2, 0.25) is 10.0 Å². The zero-order valence-electron chi connectivity index (χ0n) is 17.8. The third-order valence-electron chi connectivity index (χ3n) is 4.81. The van der Waals surface area contributed by atoms with E-state index in [1.54, 1.807) is 60.8 Å². The molecular weight excluding hydrogens is 475 g/mol. The van der Waals surface area contributed by atoms with E-state index in [0.717, 1.165) is 11.6 Å². The third-order valence-corrected chi connectivity index (χ3v) is 5.30. The van der Waals surface area contributed by atoms with E-state index in [1.165, 1.54) is 4.40 Å². The molecule has 0 radical (unpaired) electrons. The van der Waals surface area contributed by atoms with E-state index in [9.17, 15) is 14.9 Å². The number of anilines is 1. The van der Waals surface area contributed by atoms with Crippen LogP contribution in [0, 0.1) is 18.3 Å². The van der Waals surface area contributed by atoms with Gasteiger partial charge in [0.25, 0.3) is 11.5 Å². The van der Waals surface area contributed by atoms with Gasteiger partial charge in [0, 0.05) is 21.9 Å². The summed E-state index contributed by atoms with van der Waals surface area (Å²) in [4.78, 5) is 30.6. The Morgan fingerprint density at radius 3 is 2.59 bits per heavy atom. The summed E-state index contributed by atoms with van der Waals surface area (Å²) in [5.41, 5.74) is 0.662. The predicted molar refractivity (Wildman–Crippen MR) is 131 cm³/mol. The highest BCUT2D eigenvalue weighted by atomic mass is 35.5. The Morgan fingerprint density at radius 1 is 1.12 bits per heavy atom. The lowest BCUT2D eigenvalue weighted by molar-refractivity contribution is -0.112. The summed E-state index contributed by atoms with van der Waals surface area (Å²) < 4.78 is 7.21. The SMILES string of the molecule is Cc1cccn2c(=O)c(/C=C(/C#N)C(=O)Nc3cccc(Cl)c3)c(Oc3ccc(Cl)cc3)nc12. The van der Waals surface area contributed by atoms with Crippen LogP contribution >= 0.6 is 23.2 Å². The number of hydrogen-bond donors (Lipinski definition) is 1. The summed E-state index contributed by atoms with van der Waals surface area (Å²) in [5.74, 6) is -0.383. The van der Waals surface area contributed by atoms with Gasteiger partial charge in [-0.25, -0.2) is 0 Å². The summed E-state index contributed by atoms with van der Waals surface area (Å²) >= 11 is 11.9. The number of fused-ring (bicyclic) bond motifs is 1. The number of carbonyl (C=O) groups is 1. The molecular formula is C25H16Cl2N4O3. The predicted octanol–water partition coefficient (Wildman–Crippen LogP) is 5.65. The number of aryl methyl sites for hydroxylation is 1. The number of hydrogen-bond acceptors (Lipinski definition) is 5. The highest BCUT2D eigenvalue weighted by Gasteiger charge is 2.18. The topological polar surface area (TPSA) is 96.5 Å². The second-order valence-corrected chi connectivity index (χ2v) is 8.08. The molecule has 2 aromatic heterocycles. The molecule has 0 fully saturated rings. The van der Waals surface area contributed by atoms with Gasteiger partial charge >= 0.3 is 0 Å². The van der Waals surface area contributed by atoms with Crippen LogP contribution in [0.3, 0.4) is 0 Å². The number of carbonyl (C=O) groups excluding carboxylic acids is 1. The number of amides is 1. The normalized spacial score (nSPS) is 11.2. The van der Waals surface area contributed by atoms with E-state index in [-0.39, 0.29) is 17.0 Å². The number of nitrogens with zero attached hydrogens (tertiary/aromatic N) is 3. The number of aromatic nitrogens is 2. The van der Waals surface area contributed by atoms with E-state index >= 15 is 0 Å².